The lowest BCUT2D eigenvalue weighted by atomic mass is 10.1. The lowest BCUT2D eigenvalue weighted by Crippen LogP contribution is -2.27. The zero-order valence-corrected chi connectivity index (χ0v) is 9.53. The monoisotopic (exact) mass is 242 g/mol. The normalized spacial score (nSPS) is 17.2. The number of rotatable bonds is 2. The van der Waals surface area contributed by atoms with Crippen LogP contribution in [0.4, 0.5) is 20.2 Å². The summed E-state index contributed by atoms with van der Waals surface area (Å²) in [4.78, 5) is 1.94. The molecule has 0 saturated carbocycles. The molecule has 0 radical (unpaired) electrons. The summed E-state index contributed by atoms with van der Waals surface area (Å²) in [7, 11) is 0. The molecule has 1 fully saturated rings. The maximum atomic E-state index is 13.0. The first-order valence-corrected chi connectivity index (χ1v) is 5.69. The van der Waals surface area contributed by atoms with Crippen molar-refractivity contribution in [2.45, 2.75) is 12.8 Å². The Morgan fingerprint density at radius 1 is 1.24 bits per heavy atom. The predicted octanol–water partition coefficient (Wildman–Crippen LogP) is 2.43. The SMILES string of the molecule is Nc1ccc(N2CCCOCC2)c(C(F)F)c1. The summed E-state index contributed by atoms with van der Waals surface area (Å²) in [6, 6.07) is 4.68. The Balaban J connectivity index is 2.29. The first kappa shape index (κ1) is 12.1. The van der Waals surface area contributed by atoms with Gasteiger partial charge in [-0.05, 0) is 24.6 Å². The molecule has 1 aromatic carbocycles. The Bertz CT molecular complexity index is 377. The van der Waals surface area contributed by atoms with Crippen molar-refractivity contribution in [3.05, 3.63) is 23.8 Å². The van der Waals surface area contributed by atoms with E-state index in [-0.39, 0.29) is 5.56 Å². The van der Waals surface area contributed by atoms with E-state index in [1.54, 1.807) is 12.1 Å². The van der Waals surface area contributed by atoms with Gasteiger partial charge in [-0.15, -0.1) is 0 Å². The highest BCUT2D eigenvalue weighted by molar-refractivity contribution is 5.60. The molecule has 5 heteroatoms. The van der Waals surface area contributed by atoms with Crippen molar-refractivity contribution in [2.75, 3.05) is 36.9 Å². The molecule has 0 spiro atoms. The molecule has 0 atom stereocenters. The third-order valence-electron chi connectivity index (χ3n) is 2.85. The Labute approximate surface area is 99.2 Å². The Kier molecular flexibility index (Phi) is 3.78. The maximum absolute atomic E-state index is 13.0. The topological polar surface area (TPSA) is 38.5 Å². The van der Waals surface area contributed by atoms with E-state index < -0.39 is 6.43 Å². The van der Waals surface area contributed by atoms with Crippen LogP contribution in [-0.4, -0.2) is 26.3 Å². The summed E-state index contributed by atoms with van der Waals surface area (Å²) in [5.41, 5.74) is 6.50. The fourth-order valence-electron chi connectivity index (χ4n) is 2.02. The second-order valence-corrected chi connectivity index (χ2v) is 4.07. The second kappa shape index (κ2) is 5.31. The fourth-order valence-corrected chi connectivity index (χ4v) is 2.02. The molecule has 3 nitrogen and oxygen atoms in total. The summed E-state index contributed by atoms with van der Waals surface area (Å²) in [5, 5.41) is 0. The quantitative estimate of drug-likeness (QED) is 0.809. The minimum absolute atomic E-state index is 0.00639. The van der Waals surface area contributed by atoms with Crippen LogP contribution in [0.5, 0.6) is 0 Å². The minimum Gasteiger partial charge on any atom is -0.399 e. The zero-order valence-electron chi connectivity index (χ0n) is 9.53. The molecule has 0 unspecified atom stereocenters. The fraction of sp³-hybridized carbons (Fsp3) is 0.500. The first-order valence-electron chi connectivity index (χ1n) is 5.69. The number of nitrogen functional groups attached to an aromatic ring is 1. The molecule has 0 aromatic heterocycles. The summed E-state index contributed by atoms with van der Waals surface area (Å²) < 4.78 is 31.2. The molecule has 94 valence electrons. The molecule has 1 saturated heterocycles. The molecule has 1 aromatic rings. The van der Waals surface area contributed by atoms with Gasteiger partial charge in [0.1, 0.15) is 0 Å². The third-order valence-corrected chi connectivity index (χ3v) is 2.85. The highest BCUT2D eigenvalue weighted by Gasteiger charge is 2.19. The standard InChI is InChI=1S/C12H16F2N2O/c13-12(14)10-8-9(15)2-3-11(10)16-4-1-6-17-7-5-16/h2-3,8,12H,1,4-7,15H2. The van der Waals surface area contributed by atoms with Crippen LogP contribution in [0.15, 0.2) is 18.2 Å². The van der Waals surface area contributed by atoms with Gasteiger partial charge in [0.25, 0.3) is 6.43 Å². The van der Waals surface area contributed by atoms with Gasteiger partial charge in [-0.25, -0.2) is 8.78 Å². The molecule has 2 rings (SSSR count). The lowest BCUT2D eigenvalue weighted by molar-refractivity contribution is 0.150. The highest BCUT2D eigenvalue weighted by atomic mass is 19.3. The van der Waals surface area contributed by atoms with Gasteiger partial charge in [0.15, 0.2) is 0 Å². The molecule has 0 amide bonds. The van der Waals surface area contributed by atoms with E-state index in [0.29, 0.717) is 31.1 Å². The molecular weight excluding hydrogens is 226 g/mol. The number of ether oxygens (including phenoxy) is 1. The van der Waals surface area contributed by atoms with E-state index in [4.69, 9.17) is 10.5 Å². The predicted molar refractivity (Wildman–Crippen MR) is 63.5 cm³/mol. The van der Waals surface area contributed by atoms with Crippen molar-refractivity contribution in [1.82, 2.24) is 0 Å². The highest BCUT2D eigenvalue weighted by Crippen LogP contribution is 2.32. The van der Waals surface area contributed by atoms with Crippen LogP contribution in [0.3, 0.4) is 0 Å². The van der Waals surface area contributed by atoms with Crippen molar-refractivity contribution < 1.29 is 13.5 Å². The molecule has 0 aliphatic carbocycles. The van der Waals surface area contributed by atoms with Gasteiger partial charge < -0.3 is 15.4 Å². The third kappa shape index (κ3) is 2.85. The van der Waals surface area contributed by atoms with Gasteiger partial charge in [-0.1, -0.05) is 0 Å². The van der Waals surface area contributed by atoms with Crippen LogP contribution in [0.25, 0.3) is 0 Å². The number of anilines is 2. The van der Waals surface area contributed by atoms with Gasteiger partial charge >= 0.3 is 0 Å². The van der Waals surface area contributed by atoms with Crippen molar-refractivity contribution in [1.29, 1.82) is 0 Å². The Hall–Kier alpha value is -1.36. The van der Waals surface area contributed by atoms with Crippen LogP contribution in [-0.2, 0) is 4.74 Å². The molecule has 2 N–H and O–H groups in total. The number of benzene rings is 1. The van der Waals surface area contributed by atoms with E-state index >= 15 is 0 Å². The number of hydrogen-bond donors (Lipinski definition) is 1. The van der Waals surface area contributed by atoms with E-state index in [1.165, 1.54) is 6.07 Å². The second-order valence-electron chi connectivity index (χ2n) is 4.07. The van der Waals surface area contributed by atoms with Gasteiger partial charge in [0, 0.05) is 36.6 Å². The summed E-state index contributed by atoms with van der Waals surface area (Å²) in [6.07, 6.45) is -1.65. The van der Waals surface area contributed by atoms with Crippen LogP contribution >= 0.6 is 0 Å². The average Bonchev–Trinajstić information content (AvgIpc) is 2.57. The smallest absolute Gasteiger partial charge is 0.265 e. The maximum Gasteiger partial charge on any atom is 0.265 e. The Morgan fingerprint density at radius 2 is 2.06 bits per heavy atom. The van der Waals surface area contributed by atoms with Crippen molar-refractivity contribution in [2.24, 2.45) is 0 Å². The van der Waals surface area contributed by atoms with Crippen molar-refractivity contribution in [3.63, 3.8) is 0 Å². The molecular formula is C12H16F2N2O. The number of nitrogens with zero attached hydrogens (tertiary/aromatic N) is 1. The molecule has 1 aliphatic heterocycles. The summed E-state index contributed by atoms with van der Waals surface area (Å²) in [6.45, 7) is 2.65. The Morgan fingerprint density at radius 3 is 2.82 bits per heavy atom. The number of halogens is 2. The van der Waals surface area contributed by atoms with Crippen LogP contribution in [0.2, 0.25) is 0 Å². The van der Waals surface area contributed by atoms with Crippen molar-refractivity contribution >= 4 is 11.4 Å². The number of nitrogens with two attached hydrogens (primary N) is 1. The van der Waals surface area contributed by atoms with Gasteiger partial charge in [0.2, 0.25) is 0 Å². The number of hydrogen-bond acceptors (Lipinski definition) is 3. The van der Waals surface area contributed by atoms with Gasteiger partial charge in [0.05, 0.1) is 6.61 Å². The molecule has 17 heavy (non-hydrogen) atoms. The largest absolute Gasteiger partial charge is 0.399 e. The van der Waals surface area contributed by atoms with E-state index in [2.05, 4.69) is 0 Å². The van der Waals surface area contributed by atoms with Crippen LogP contribution in [0, 0.1) is 0 Å². The number of alkyl halides is 2. The zero-order chi connectivity index (χ0) is 12.3. The molecule has 0 bridgehead atoms. The first-order chi connectivity index (χ1) is 8.18. The van der Waals surface area contributed by atoms with E-state index in [1.807, 2.05) is 4.90 Å². The lowest BCUT2D eigenvalue weighted by Gasteiger charge is -2.24. The van der Waals surface area contributed by atoms with Crippen LogP contribution < -0.4 is 10.6 Å². The van der Waals surface area contributed by atoms with E-state index in [0.717, 1.165) is 13.0 Å². The van der Waals surface area contributed by atoms with Crippen LogP contribution in [0.1, 0.15) is 18.4 Å². The van der Waals surface area contributed by atoms with Gasteiger partial charge in [-0.3, -0.25) is 0 Å². The molecule has 1 aliphatic rings. The molecule has 1 heterocycles. The van der Waals surface area contributed by atoms with Crippen molar-refractivity contribution in [3.8, 4) is 0 Å². The minimum atomic E-state index is -2.50. The summed E-state index contributed by atoms with van der Waals surface area (Å²) >= 11 is 0. The summed E-state index contributed by atoms with van der Waals surface area (Å²) in [5.74, 6) is 0. The van der Waals surface area contributed by atoms with E-state index in [9.17, 15) is 8.78 Å². The van der Waals surface area contributed by atoms with Gasteiger partial charge in [-0.2, -0.15) is 0 Å². The average molecular weight is 242 g/mol.